The minimum atomic E-state index is -0.668. The van der Waals surface area contributed by atoms with Crippen molar-refractivity contribution < 1.29 is 19.2 Å². The maximum atomic E-state index is 11.7. The Morgan fingerprint density at radius 1 is 1.48 bits per heavy atom. The third-order valence-electron chi connectivity index (χ3n) is 2.54. The molecule has 1 unspecified atom stereocenters. The normalized spacial score (nSPS) is 11.8. The Labute approximate surface area is 130 Å². The van der Waals surface area contributed by atoms with Crippen LogP contribution in [0.1, 0.15) is 13.8 Å². The lowest BCUT2D eigenvalue weighted by molar-refractivity contribution is -0.386. The van der Waals surface area contributed by atoms with Gasteiger partial charge in [0.2, 0.25) is 0 Å². The second-order valence-corrected chi connectivity index (χ2v) is 4.96. The highest BCUT2D eigenvalue weighted by Gasteiger charge is 2.22. The van der Waals surface area contributed by atoms with E-state index in [1.807, 2.05) is 6.92 Å². The van der Waals surface area contributed by atoms with Crippen LogP contribution >= 0.6 is 15.9 Å². The highest BCUT2D eigenvalue weighted by Crippen LogP contribution is 2.30. The molecule has 0 aromatic heterocycles. The van der Waals surface area contributed by atoms with E-state index in [4.69, 9.17) is 9.47 Å². The first-order valence-electron chi connectivity index (χ1n) is 6.46. The van der Waals surface area contributed by atoms with Crippen LogP contribution < -0.4 is 10.1 Å². The molecule has 8 heteroatoms. The summed E-state index contributed by atoms with van der Waals surface area (Å²) < 4.78 is 10.9. The summed E-state index contributed by atoms with van der Waals surface area (Å²) in [6.07, 6.45) is 0. The molecule has 1 rings (SSSR count). The molecule has 0 aliphatic rings. The summed E-state index contributed by atoms with van der Waals surface area (Å²) >= 11 is 3.17. The molecule has 1 atom stereocenters. The zero-order chi connectivity index (χ0) is 15.8. The van der Waals surface area contributed by atoms with Crippen molar-refractivity contribution in [1.29, 1.82) is 0 Å². The number of carbonyl (C=O) groups is 1. The number of nitro groups is 1. The number of nitro benzene ring substituents is 1. The van der Waals surface area contributed by atoms with Gasteiger partial charge in [0.15, 0.2) is 5.75 Å². The highest BCUT2D eigenvalue weighted by atomic mass is 79.9. The van der Waals surface area contributed by atoms with Crippen LogP contribution in [0.3, 0.4) is 0 Å². The molecule has 0 saturated heterocycles. The number of rotatable bonds is 8. The van der Waals surface area contributed by atoms with Crippen molar-refractivity contribution in [2.24, 2.45) is 0 Å². The number of benzene rings is 1. The third-order valence-corrected chi connectivity index (χ3v) is 3.04. The van der Waals surface area contributed by atoms with E-state index in [9.17, 15) is 14.9 Å². The topological polar surface area (TPSA) is 90.7 Å². The Kier molecular flexibility index (Phi) is 7.10. The fourth-order valence-electron chi connectivity index (χ4n) is 1.63. The van der Waals surface area contributed by atoms with Gasteiger partial charge < -0.3 is 14.8 Å². The van der Waals surface area contributed by atoms with E-state index in [1.165, 1.54) is 12.1 Å². The molecule has 0 aliphatic heterocycles. The molecular weight excluding hydrogens is 344 g/mol. The lowest BCUT2D eigenvalue weighted by Gasteiger charge is -2.17. The fraction of sp³-hybridized carbons (Fsp3) is 0.462. The Hall–Kier alpha value is -1.67. The number of hydrogen-bond donors (Lipinski definition) is 1. The van der Waals surface area contributed by atoms with Gasteiger partial charge in [-0.05, 0) is 25.6 Å². The maximum absolute atomic E-state index is 11.7. The van der Waals surface area contributed by atoms with Crippen LogP contribution in [-0.2, 0) is 9.53 Å². The molecule has 1 N–H and O–H groups in total. The lowest BCUT2D eigenvalue weighted by atomic mass is 10.3. The SMILES string of the molecule is CCNC(COc1ccc(Br)cc1[N+](=O)[O-])C(=O)OCC. The molecular formula is C13H17BrN2O5. The van der Waals surface area contributed by atoms with Crippen molar-refractivity contribution in [3.05, 3.63) is 32.8 Å². The Bertz CT molecular complexity index is 509. The molecule has 7 nitrogen and oxygen atoms in total. The largest absolute Gasteiger partial charge is 0.485 e. The zero-order valence-electron chi connectivity index (χ0n) is 11.8. The van der Waals surface area contributed by atoms with Gasteiger partial charge >= 0.3 is 11.7 Å². The van der Waals surface area contributed by atoms with Crippen molar-refractivity contribution >= 4 is 27.6 Å². The summed E-state index contributed by atoms with van der Waals surface area (Å²) in [7, 11) is 0. The summed E-state index contributed by atoms with van der Waals surface area (Å²) in [4.78, 5) is 22.2. The van der Waals surface area contributed by atoms with Gasteiger partial charge in [0.05, 0.1) is 11.5 Å². The summed E-state index contributed by atoms with van der Waals surface area (Å²) in [5.41, 5.74) is -0.163. The molecule has 0 heterocycles. The highest BCUT2D eigenvalue weighted by molar-refractivity contribution is 9.10. The van der Waals surface area contributed by atoms with Gasteiger partial charge in [0.1, 0.15) is 12.6 Å². The monoisotopic (exact) mass is 360 g/mol. The van der Waals surface area contributed by atoms with Gasteiger partial charge in [0.25, 0.3) is 0 Å². The summed E-state index contributed by atoms with van der Waals surface area (Å²) in [6, 6.07) is 3.80. The van der Waals surface area contributed by atoms with E-state index < -0.39 is 16.9 Å². The predicted octanol–water partition coefficient (Wildman–Crippen LogP) is 2.28. The number of ether oxygens (including phenoxy) is 2. The molecule has 0 aliphatic carbocycles. The molecule has 0 spiro atoms. The zero-order valence-corrected chi connectivity index (χ0v) is 13.4. The van der Waals surface area contributed by atoms with Gasteiger partial charge in [-0.3, -0.25) is 14.9 Å². The predicted molar refractivity (Wildman–Crippen MR) is 80.4 cm³/mol. The van der Waals surface area contributed by atoms with Crippen molar-refractivity contribution in [3.8, 4) is 5.75 Å². The van der Waals surface area contributed by atoms with E-state index in [1.54, 1.807) is 13.0 Å². The Balaban J connectivity index is 2.80. The number of nitrogens with zero attached hydrogens (tertiary/aromatic N) is 1. The number of halogens is 1. The van der Waals surface area contributed by atoms with Crippen LogP contribution in [0.5, 0.6) is 5.75 Å². The number of hydrogen-bond acceptors (Lipinski definition) is 6. The molecule has 0 saturated carbocycles. The minimum absolute atomic E-state index is 0.0465. The van der Waals surface area contributed by atoms with E-state index >= 15 is 0 Å². The van der Waals surface area contributed by atoms with Crippen LogP contribution in [0.2, 0.25) is 0 Å². The molecule has 1 aromatic carbocycles. The third kappa shape index (κ3) is 5.31. The molecule has 21 heavy (non-hydrogen) atoms. The van der Waals surface area contributed by atoms with Gasteiger partial charge in [-0.25, -0.2) is 0 Å². The van der Waals surface area contributed by atoms with Crippen molar-refractivity contribution in [2.75, 3.05) is 19.8 Å². The molecule has 0 amide bonds. The maximum Gasteiger partial charge on any atom is 0.326 e. The number of likely N-dealkylation sites (N-methyl/N-ethyl adjacent to an activating group) is 1. The first-order valence-corrected chi connectivity index (χ1v) is 7.25. The standard InChI is InChI=1S/C13H17BrN2O5/c1-3-15-10(13(17)20-4-2)8-21-12-6-5-9(14)7-11(12)16(18)19/h5-7,10,15H,3-4,8H2,1-2H3. The van der Waals surface area contributed by atoms with E-state index in [-0.39, 0.29) is 24.7 Å². The van der Waals surface area contributed by atoms with Crippen LogP contribution in [0, 0.1) is 10.1 Å². The van der Waals surface area contributed by atoms with Gasteiger partial charge in [-0.15, -0.1) is 0 Å². The molecule has 0 fully saturated rings. The number of carbonyl (C=O) groups excluding carboxylic acids is 1. The van der Waals surface area contributed by atoms with Crippen molar-refractivity contribution in [3.63, 3.8) is 0 Å². The second kappa shape index (κ2) is 8.58. The number of nitrogens with one attached hydrogen (secondary N) is 1. The van der Waals surface area contributed by atoms with E-state index in [0.29, 0.717) is 11.0 Å². The van der Waals surface area contributed by atoms with E-state index in [0.717, 1.165) is 0 Å². The molecule has 0 radical (unpaired) electrons. The fourth-order valence-corrected chi connectivity index (χ4v) is 1.98. The second-order valence-electron chi connectivity index (χ2n) is 4.04. The number of esters is 1. The van der Waals surface area contributed by atoms with Gasteiger partial charge in [0, 0.05) is 10.5 Å². The van der Waals surface area contributed by atoms with Gasteiger partial charge in [-0.1, -0.05) is 22.9 Å². The quantitative estimate of drug-likeness (QED) is 0.434. The Morgan fingerprint density at radius 3 is 2.76 bits per heavy atom. The van der Waals surface area contributed by atoms with Crippen molar-refractivity contribution in [2.45, 2.75) is 19.9 Å². The van der Waals surface area contributed by atoms with Crippen LogP contribution in [-0.4, -0.2) is 36.7 Å². The molecule has 0 bridgehead atoms. The summed E-state index contributed by atoms with van der Waals surface area (Å²) in [5.74, 6) is -0.338. The Morgan fingerprint density at radius 2 is 2.19 bits per heavy atom. The van der Waals surface area contributed by atoms with E-state index in [2.05, 4.69) is 21.2 Å². The van der Waals surface area contributed by atoms with Crippen LogP contribution in [0.4, 0.5) is 5.69 Å². The van der Waals surface area contributed by atoms with Crippen LogP contribution in [0.15, 0.2) is 22.7 Å². The first kappa shape index (κ1) is 17.4. The van der Waals surface area contributed by atoms with Crippen LogP contribution in [0.25, 0.3) is 0 Å². The minimum Gasteiger partial charge on any atom is -0.485 e. The summed E-state index contributed by atoms with van der Waals surface area (Å²) in [6.45, 7) is 4.32. The molecule has 1 aromatic rings. The lowest BCUT2D eigenvalue weighted by Crippen LogP contribution is -2.42. The van der Waals surface area contributed by atoms with Crippen molar-refractivity contribution in [1.82, 2.24) is 5.32 Å². The van der Waals surface area contributed by atoms with Gasteiger partial charge in [-0.2, -0.15) is 0 Å². The smallest absolute Gasteiger partial charge is 0.326 e. The average Bonchev–Trinajstić information content (AvgIpc) is 2.44. The first-order chi connectivity index (χ1) is 9.99. The summed E-state index contributed by atoms with van der Waals surface area (Å²) in [5, 5.41) is 13.9. The average molecular weight is 361 g/mol. The molecule has 116 valence electrons.